The molecule has 0 aliphatic rings. The molecule has 11 heteroatoms. The number of hydrogen-bond acceptors (Lipinski definition) is 5. The van der Waals surface area contributed by atoms with Crippen LogP contribution in [0, 0.1) is 0 Å². The zero-order valence-electron chi connectivity index (χ0n) is 11.4. The van der Waals surface area contributed by atoms with Crippen LogP contribution in [0.15, 0.2) is 40.0 Å². The summed E-state index contributed by atoms with van der Waals surface area (Å²) in [6.45, 7) is 0.0230. The van der Waals surface area contributed by atoms with E-state index in [1.54, 1.807) is 0 Å². The molecule has 1 heterocycles. The number of H-pyrrole nitrogens is 1. The average Bonchev–Trinajstić information content (AvgIpc) is 2.43. The standard InChI is InChI=1S/C12H11F3N4O3S/c13-12(14,15)9-5-10(20)19-11(18-9)17-6-7-1-3-8(4-2-7)23(16,21)22/h1-5H,6H2,(H2,16,21,22)(H2,17,18,19,20). The van der Waals surface area contributed by atoms with Gasteiger partial charge in [0.25, 0.3) is 5.56 Å². The molecule has 0 spiro atoms. The van der Waals surface area contributed by atoms with Crippen LogP contribution in [-0.4, -0.2) is 18.4 Å². The van der Waals surface area contributed by atoms with Crippen LogP contribution in [-0.2, 0) is 22.7 Å². The van der Waals surface area contributed by atoms with Crippen molar-refractivity contribution in [3.05, 3.63) is 51.9 Å². The Labute approximate surface area is 128 Å². The van der Waals surface area contributed by atoms with E-state index < -0.39 is 27.5 Å². The molecule has 1 aromatic carbocycles. The predicted octanol–water partition coefficient (Wildman–Crippen LogP) is 1.05. The first kappa shape index (κ1) is 17.0. The van der Waals surface area contributed by atoms with Crippen LogP contribution in [0.25, 0.3) is 0 Å². The number of benzene rings is 1. The second-order valence-corrected chi connectivity index (χ2v) is 6.08. The molecule has 0 radical (unpaired) electrons. The molecule has 2 aromatic rings. The van der Waals surface area contributed by atoms with E-state index in [1.165, 1.54) is 24.3 Å². The Morgan fingerprint density at radius 1 is 1.22 bits per heavy atom. The third-order valence-corrected chi connectivity index (χ3v) is 3.67. The number of primary sulfonamides is 1. The SMILES string of the molecule is NS(=O)(=O)c1ccc(CNc2nc(C(F)(F)F)cc(=O)[nH]2)cc1. The van der Waals surface area contributed by atoms with Gasteiger partial charge in [-0.1, -0.05) is 12.1 Å². The summed E-state index contributed by atoms with van der Waals surface area (Å²) < 4.78 is 59.9. The van der Waals surface area contributed by atoms with Gasteiger partial charge in [-0.05, 0) is 17.7 Å². The first-order valence-electron chi connectivity index (χ1n) is 6.10. The Morgan fingerprint density at radius 3 is 2.35 bits per heavy atom. The highest BCUT2D eigenvalue weighted by atomic mass is 32.2. The van der Waals surface area contributed by atoms with E-state index in [2.05, 4.69) is 15.3 Å². The highest BCUT2D eigenvalue weighted by molar-refractivity contribution is 7.89. The van der Waals surface area contributed by atoms with Gasteiger partial charge in [-0.15, -0.1) is 0 Å². The van der Waals surface area contributed by atoms with Gasteiger partial charge in [0.05, 0.1) is 4.90 Å². The minimum atomic E-state index is -4.73. The number of nitrogens with two attached hydrogens (primary N) is 1. The van der Waals surface area contributed by atoms with Gasteiger partial charge >= 0.3 is 6.18 Å². The zero-order chi connectivity index (χ0) is 17.3. The minimum Gasteiger partial charge on any atom is -0.352 e. The summed E-state index contributed by atoms with van der Waals surface area (Å²) in [7, 11) is -3.82. The number of sulfonamides is 1. The van der Waals surface area contributed by atoms with Crippen molar-refractivity contribution in [2.75, 3.05) is 5.32 Å². The number of alkyl halides is 3. The monoisotopic (exact) mass is 348 g/mol. The normalized spacial score (nSPS) is 12.2. The van der Waals surface area contributed by atoms with Crippen LogP contribution >= 0.6 is 0 Å². The maximum absolute atomic E-state index is 12.6. The van der Waals surface area contributed by atoms with Crippen LogP contribution in [0.2, 0.25) is 0 Å². The number of hydrogen-bond donors (Lipinski definition) is 3. The summed E-state index contributed by atoms with van der Waals surface area (Å²) in [6.07, 6.45) is -4.73. The van der Waals surface area contributed by atoms with Crippen molar-refractivity contribution < 1.29 is 21.6 Å². The first-order chi connectivity index (χ1) is 10.6. The fourth-order valence-corrected chi connectivity index (χ4v) is 2.18. The Balaban J connectivity index is 2.15. The molecule has 7 nitrogen and oxygen atoms in total. The van der Waals surface area contributed by atoms with Gasteiger partial charge in [-0.25, -0.2) is 18.5 Å². The third-order valence-electron chi connectivity index (χ3n) is 2.74. The van der Waals surface area contributed by atoms with Crippen molar-refractivity contribution in [2.24, 2.45) is 5.14 Å². The molecule has 1 aromatic heterocycles. The van der Waals surface area contributed by atoms with Crippen LogP contribution in [0.4, 0.5) is 19.1 Å². The summed E-state index contributed by atoms with van der Waals surface area (Å²) in [6, 6.07) is 5.73. The molecule has 0 atom stereocenters. The topological polar surface area (TPSA) is 118 Å². The molecule has 4 N–H and O–H groups in total. The van der Waals surface area contributed by atoms with E-state index in [4.69, 9.17) is 5.14 Å². The lowest BCUT2D eigenvalue weighted by Gasteiger charge is -2.09. The van der Waals surface area contributed by atoms with Crippen molar-refractivity contribution in [3.63, 3.8) is 0 Å². The Bertz CT molecular complexity index is 860. The van der Waals surface area contributed by atoms with Crippen LogP contribution in [0.1, 0.15) is 11.3 Å². The Kier molecular flexibility index (Phi) is 4.43. The van der Waals surface area contributed by atoms with E-state index >= 15 is 0 Å². The summed E-state index contributed by atoms with van der Waals surface area (Å²) in [4.78, 5) is 16.5. The second-order valence-electron chi connectivity index (χ2n) is 4.52. The maximum Gasteiger partial charge on any atom is 0.433 e. The molecule has 0 amide bonds. The number of nitrogens with one attached hydrogen (secondary N) is 2. The molecule has 0 saturated heterocycles. The smallest absolute Gasteiger partial charge is 0.352 e. The molecule has 0 aliphatic heterocycles. The number of aromatic nitrogens is 2. The number of nitrogens with zero attached hydrogens (tertiary/aromatic N) is 1. The number of anilines is 1. The number of halogens is 3. The lowest BCUT2D eigenvalue weighted by molar-refractivity contribution is -0.141. The largest absolute Gasteiger partial charge is 0.433 e. The number of aromatic amines is 1. The van der Waals surface area contributed by atoms with Crippen molar-refractivity contribution in [1.82, 2.24) is 9.97 Å². The van der Waals surface area contributed by atoms with Crippen LogP contribution < -0.4 is 16.0 Å². The van der Waals surface area contributed by atoms with Crippen molar-refractivity contribution >= 4 is 16.0 Å². The molecule has 0 fully saturated rings. The lowest BCUT2D eigenvalue weighted by atomic mass is 10.2. The van der Waals surface area contributed by atoms with Gasteiger partial charge in [0, 0.05) is 12.6 Å². The molecular formula is C12H11F3N4O3S. The summed E-state index contributed by atoms with van der Waals surface area (Å²) in [5.74, 6) is -0.347. The molecule has 0 bridgehead atoms. The van der Waals surface area contributed by atoms with Gasteiger partial charge in [0.2, 0.25) is 16.0 Å². The van der Waals surface area contributed by atoms with Gasteiger partial charge in [0.15, 0.2) is 5.69 Å². The van der Waals surface area contributed by atoms with Crippen LogP contribution in [0.3, 0.4) is 0 Å². The maximum atomic E-state index is 12.6. The van der Waals surface area contributed by atoms with Gasteiger partial charge in [0.1, 0.15) is 0 Å². The fraction of sp³-hybridized carbons (Fsp3) is 0.167. The fourth-order valence-electron chi connectivity index (χ4n) is 1.67. The van der Waals surface area contributed by atoms with Gasteiger partial charge in [-0.3, -0.25) is 9.78 Å². The summed E-state index contributed by atoms with van der Waals surface area (Å²) >= 11 is 0. The highest BCUT2D eigenvalue weighted by Crippen LogP contribution is 2.26. The highest BCUT2D eigenvalue weighted by Gasteiger charge is 2.33. The molecular weight excluding hydrogens is 337 g/mol. The Morgan fingerprint density at radius 2 is 1.83 bits per heavy atom. The average molecular weight is 348 g/mol. The first-order valence-corrected chi connectivity index (χ1v) is 7.64. The number of rotatable bonds is 4. The molecule has 0 aliphatic carbocycles. The van der Waals surface area contributed by atoms with Crippen LogP contribution in [0.5, 0.6) is 0 Å². The molecule has 23 heavy (non-hydrogen) atoms. The predicted molar refractivity (Wildman–Crippen MR) is 75.0 cm³/mol. The van der Waals surface area contributed by atoms with Gasteiger partial charge < -0.3 is 5.32 Å². The zero-order valence-corrected chi connectivity index (χ0v) is 12.2. The second kappa shape index (κ2) is 6.01. The van der Waals surface area contributed by atoms with E-state index in [1.807, 2.05) is 0 Å². The van der Waals surface area contributed by atoms with E-state index in [9.17, 15) is 26.4 Å². The third kappa shape index (κ3) is 4.53. The van der Waals surface area contributed by atoms with Crippen molar-refractivity contribution in [3.8, 4) is 0 Å². The summed E-state index contributed by atoms with van der Waals surface area (Å²) in [5, 5.41) is 7.47. The van der Waals surface area contributed by atoms with E-state index in [0.29, 0.717) is 11.6 Å². The molecule has 0 unspecified atom stereocenters. The van der Waals surface area contributed by atoms with Gasteiger partial charge in [-0.2, -0.15) is 13.2 Å². The minimum absolute atomic E-state index is 0.0230. The molecule has 2 rings (SSSR count). The van der Waals surface area contributed by atoms with E-state index in [0.717, 1.165) is 0 Å². The lowest BCUT2D eigenvalue weighted by Crippen LogP contribution is -2.18. The van der Waals surface area contributed by atoms with Crippen molar-refractivity contribution in [2.45, 2.75) is 17.6 Å². The van der Waals surface area contributed by atoms with E-state index in [-0.39, 0.29) is 17.4 Å². The Hall–Kier alpha value is -2.40. The van der Waals surface area contributed by atoms with Crippen molar-refractivity contribution in [1.29, 1.82) is 0 Å². The quantitative estimate of drug-likeness (QED) is 0.763. The molecule has 124 valence electrons. The summed E-state index contributed by atoms with van der Waals surface area (Å²) in [5.41, 5.74) is -1.70. The molecule has 0 saturated carbocycles.